The van der Waals surface area contributed by atoms with E-state index in [0.717, 1.165) is 12.8 Å². The summed E-state index contributed by atoms with van der Waals surface area (Å²) >= 11 is 0. The van der Waals surface area contributed by atoms with Crippen LogP contribution in [0.5, 0.6) is 0 Å². The lowest BCUT2D eigenvalue weighted by atomic mass is 10.0. The highest BCUT2D eigenvalue weighted by Gasteiger charge is 2.04. The summed E-state index contributed by atoms with van der Waals surface area (Å²) in [5, 5.41) is 0. The molecule has 0 radical (unpaired) electrons. The molecular formula is C12H16N2. The molecule has 1 aromatic carbocycles. The Morgan fingerprint density at radius 2 is 2.07 bits per heavy atom. The first-order valence-corrected chi connectivity index (χ1v) is 4.80. The number of terminal acetylenes is 1. The predicted octanol–water partition coefficient (Wildman–Crippen LogP) is 1.47. The zero-order chi connectivity index (χ0) is 10.2. The van der Waals surface area contributed by atoms with Crippen LogP contribution in [0.4, 0.5) is 0 Å². The molecule has 0 aliphatic carbocycles. The van der Waals surface area contributed by atoms with Gasteiger partial charge in [-0.2, -0.15) is 0 Å². The molecule has 0 bridgehead atoms. The minimum Gasteiger partial charge on any atom is -0.271 e. The number of hydrogen-bond acceptors (Lipinski definition) is 2. The van der Waals surface area contributed by atoms with Gasteiger partial charge in [0.15, 0.2) is 0 Å². The fraction of sp³-hybridized carbons (Fsp3) is 0.333. The van der Waals surface area contributed by atoms with Gasteiger partial charge in [-0.05, 0) is 18.4 Å². The number of benzene rings is 1. The summed E-state index contributed by atoms with van der Waals surface area (Å²) in [6.45, 7) is 0. The van der Waals surface area contributed by atoms with Gasteiger partial charge in [0.1, 0.15) is 0 Å². The Kier molecular flexibility index (Phi) is 4.77. The molecule has 1 rings (SSSR count). The highest BCUT2D eigenvalue weighted by atomic mass is 15.2. The molecule has 0 fully saturated rings. The number of hydrogen-bond donors (Lipinski definition) is 2. The maximum absolute atomic E-state index is 5.38. The monoisotopic (exact) mass is 188 g/mol. The lowest BCUT2D eigenvalue weighted by Crippen LogP contribution is -2.35. The van der Waals surface area contributed by atoms with Gasteiger partial charge >= 0.3 is 0 Å². The van der Waals surface area contributed by atoms with Crippen molar-refractivity contribution in [2.45, 2.75) is 25.3 Å². The normalized spacial score (nSPS) is 12.0. The van der Waals surface area contributed by atoms with Crippen LogP contribution in [0.3, 0.4) is 0 Å². The van der Waals surface area contributed by atoms with Crippen LogP contribution in [0.1, 0.15) is 18.4 Å². The van der Waals surface area contributed by atoms with E-state index >= 15 is 0 Å². The number of nitrogens with one attached hydrogen (secondary N) is 1. The number of hydrazine groups is 1. The third-order valence-corrected chi connectivity index (χ3v) is 2.22. The lowest BCUT2D eigenvalue weighted by molar-refractivity contribution is 0.504. The summed E-state index contributed by atoms with van der Waals surface area (Å²) in [5.74, 6) is 7.99. The van der Waals surface area contributed by atoms with E-state index in [2.05, 4.69) is 23.5 Å². The van der Waals surface area contributed by atoms with Crippen molar-refractivity contribution >= 4 is 0 Å². The summed E-state index contributed by atoms with van der Waals surface area (Å²) in [7, 11) is 0. The molecule has 1 aromatic rings. The quantitative estimate of drug-likeness (QED) is 0.417. The van der Waals surface area contributed by atoms with E-state index in [1.165, 1.54) is 5.56 Å². The molecule has 0 aliphatic heterocycles. The van der Waals surface area contributed by atoms with Crippen LogP contribution in [0.15, 0.2) is 30.3 Å². The molecule has 0 aromatic heterocycles. The largest absolute Gasteiger partial charge is 0.271 e. The minimum atomic E-state index is 0.222. The Morgan fingerprint density at radius 1 is 1.36 bits per heavy atom. The summed E-state index contributed by atoms with van der Waals surface area (Å²) in [4.78, 5) is 0. The first kappa shape index (κ1) is 10.8. The van der Waals surface area contributed by atoms with Gasteiger partial charge in [-0.15, -0.1) is 12.3 Å². The van der Waals surface area contributed by atoms with Crippen LogP contribution in [0.25, 0.3) is 0 Å². The van der Waals surface area contributed by atoms with Gasteiger partial charge in [0.25, 0.3) is 0 Å². The average molecular weight is 188 g/mol. The van der Waals surface area contributed by atoms with Crippen LogP contribution in [-0.2, 0) is 6.42 Å². The van der Waals surface area contributed by atoms with E-state index in [4.69, 9.17) is 12.3 Å². The smallest absolute Gasteiger partial charge is 0.0323 e. The van der Waals surface area contributed by atoms with Crippen molar-refractivity contribution in [3.8, 4) is 12.3 Å². The van der Waals surface area contributed by atoms with E-state index in [1.807, 2.05) is 18.2 Å². The standard InChI is InChI=1S/C12H16N2/c1-2-6-12(14-13)10-9-11-7-4-3-5-8-11/h1,3-5,7-8,12,14H,6,9-10,13H2. The van der Waals surface area contributed by atoms with Crippen molar-refractivity contribution in [1.82, 2.24) is 5.43 Å². The summed E-state index contributed by atoms with van der Waals surface area (Å²) in [6.07, 6.45) is 7.90. The van der Waals surface area contributed by atoms with Crippen LogP contribution in [0.2, 0.25) is 0 Å². The summed E-state index contributed by atoms with van der Waals surface area (Å²) < 4.78 is 0. The second-order valence-corrected chi connectivity index (χ2v) is 3.30. The second kappa shape index (κ2) is 6.20. The van der Waals surface area contributed by atoms with Crippen molar-refractivity contribution in [2.75, 3.05) is 0 Å². The van der Waals surface area contributed by atoms with Gasteiger partial charge in [0, 0.05) is 12.5 Å². The van der Waals surface area contributed by atoms with Crippen molar-refractivity contribution in [3.63, 3.8) is 0 Å². The highest BCUT2D eigenvalue weighted by molar-refractivity contribution is 5.14. The molecule has 0 saturated carbocycles. The van der Waals surface area contributed by atoms with Crippen molar-refractivity contribution < 1.29 is 0 Å². The zero-order valence-corrected chi connectivity index (χ0v) is 8.24. The second-order valence-electron chi connectivity index (χ2n) is 3.30. The minimum absolute atomic E-state index is 0.222. The first-order valence-electron chi connectivity index (χ1n) is 4.80. The third kappa shape index (κ3) is 3.61. The van der Waals surface area contributed by atoms with Crippen LogP contribution in [-0.4, -0.2) is 6.04 Å². The van der Waals surface area contributed by atoms with Crippen LogP contribution in [0, 0.1) is 12.3 Å². The van der Waals surface area contributed by atoms with Gasteiger partial charge in [-0.1, -0.05) is 30.3 Å². The van der Waals surface area contributed by atoms with Crippen LogP contribution >= 0.6 is 0 Å². The van der Waals surface area contributed by atoms with E-state index in [-0.39, 0.29) is 6.04 Å². The Balaban J connectivity index is 2.36. The third-order valence-electron chi connectivity index (χ3n) is 2.22. The van der Waals surface area contributed by atoms with Crippen molar-refractivity contribution in [2.24, 2.45) is 5.84 Å². The maximum atomic E-state index is 5.38. The Morgan fingerprint density at radius 3 is 2.64 bits per heavy atom. The molecule has 3 N–H and O–H groups in total. The fourth-order valence-electron chi connectivity index (χ4n) is 1.37. The average Bonchev–Trinajstić information content (AvgIpc) is 2.25. The van der Waals surface area contributed by atoms with Gasteiger partial charge < -0.3 is 0 Å². The molecule has 1 unspecified atom stereocenters. The highest BCUT2D eigenvalue weighted by Crippen LogP contribution is 2.06. The molecule has 14 heavy (non-hydrogen) atoms. The predicted molar refractivity (Wildman–Crippen MR) is 59.3 cm³/mol. The first-order chi connectivity index (χ1) is 6.86. The molecule has 0 heterocycles. The van der Waals surface area contributed by atoms with E-state index in [9.17, 15) is 0 Å². The molecule has 74 valence electrons. The summed E-state index contributed by atoms with van der Waals surface area (Å²) in [5.41, 5.74) is 4.05. The fourth-order valence-corrected chi connectivity index (χ4v) is 1.37. The maximum Gasteiger partial charge on any atom is 0.0323 e. The molecule has 0 amide bonds. The molecule has 0 aliphatic rings. The topological polar surface area (TPSA) is 38.0 Å². The Labute approximate surface area is 85.5 Å². The molecule has 2 heteroatoms. The summed E-state index contributed by atoms with van der Waals surface area (Å²) in [6, 6.07) is 10.6. The number of nitrogens with two attached hydrogens (primary N) is 1. The Bertz CT molecular complexity index is 287. The molecule has 1 atom stereocenters. The van der Waals surface area contributed by atoms with Crippen LogP contribution < -0.4 is 11.3 Å². The zero-order valence-electron chi connectivity index (χ0n) is 8.24. The van der Waals surface area contributed by atoms with Gasteiger partial charge in [-0.25, -0.2) is 0 Å². The molecule has 2 nitrogen and oxygen atoms in total. The SMILES string of the molecule is C#CCC(CCc1ccccc1)NN. The molecule has 0 spiro atoms. The van der Waals surface area contributed by atoms with Gasteiger partial charge in [0.05, 0.1) is 0 Å². The number of aryl methyl sites for hydroxylation is 1. The van der Waals surface area contributed by atoms with Crippen molar-refractivity contribution in [3.05, 3.63) is 35.9 Å². The van der Waals surface area contributed by atoms with Crippen molar-refractivity contribution in [1.29, 1.82) is 0 Å². The van der Waals surface area contributed by atoms with Gasteiger partial charge in [0.2, 0.25) is 0 Å². The van der Waals surface area contributed by atoms with E-state index < -0.39 is 0 Å². The lowest BCUT2D eigenvalue weighted by Gasteiger charge is -2.12. The number of rotatable bonds is 5. The molecular weight excluding hydrogens is 172 g/mol. The van der Waals surface area contributed by atoms with E-state index in [0.29, 0.717) is 6.42 Å². The van der Waals surface area contributed by atoms with E-state index in [1.54, 1.807) is 0 Å². The molecule has 0 saturated heterocycles. The Hall–Kier alpha value is -1.30. The van der Waals surface area contributed by atoms with Gasteiger partial charge in [-0.3, -0.25) is 11.3 Å².